The Morgan fingerprint density at radius 3 is 2.29 bits per heavy atom. The summed E-state index contributed by atoms with van der Waals surface area (Å²) in [6.07, 6.45) is 1.80. The van der Waals surface area contributed by atoms with Crippen LogP contribution in [0.4, 0.5) is 0 Å². The van der Waals surface area contributed by atoms with Crippen LogP contribution in [0.25, 0.3) is 0 Å². The molecule has 2 amide bonds. The quantitative estimate of drug-likeness (QED) is 0.683. The van der Waals surface area contributed by atoms with Crippen LogP contribution in [0.15, 0.2) is 54.6 Å². The van der Waals surface area contributed by atoms with Crippen LogP contribution >= 0.6 is 0 Å². The molecule has 2 aromatic carbocycles. The van der Waals surface area contributed by atoms with E-state index in [0.717, 1.165) is 18.4 Å². The Labute approximate surface area is 167 Å². The zero-order valence-corrected chi connectivity index (χ0v) is 17.0. The van der Waals surface area contributed by atoms with Gasteiger partial charge in [-0.05, 0) is 43.0 Å². The summed E-state index contributed by atoms with van der Waals surface area (Å²) in [7, 11) is 0. The molecule has 0 aromatic heterocycles. The molecule has 0 aliphatic rings. The van der Waals surface area contributed by atoms with Crippen molar-refractivity contribution in [2.75, 3.05) is 13.2 Å². The highest BCUT2D eigenvalue weighted by Crippen LogP contribution is 2.14. The second kappa shape index (κ2) is 11.1. The fourth-order valence-electron chi connectivity index (χ4n) is 2.81. The van der Waals surface area contributed by atoms with Gasteiger partial charge in [-0.2, -0.15) is 0 Å². The molecule has 2 aromatic rings. The van der Waals surface area contributed by atoms with E-state index in [1.165, 1.54) is 5.56 Å². The molecule has 0 fully saturated rings. The van der Waals surface area contributed by atoms with Crippen LogP contribution < -0.4 is 10.1 Å². The Bertz CT molecular complexity index is 744. The third-order valence-electron chi connectivity index (χ3n) is 4.61. The number of hydrogen-bond donors (Lipinski definition) is 1. The van der Waals surface area contributed by atoms with Crippen molar-refractivity contribution < 1.29 is 14.3 Å². The van der Waals surface area contributed by atoms with Gasteiger partial charge in [-0.25, -0.2) is 0 Å². The topological polar surface area (TPSA) is 58.6 Å². The minimum Gasteiger partial charge on any atom is -0.484 e. The van der Waals surface area contributed by atoms with Crippen LogP contribution in [-0.2, 0) is 22.6 Å². The Morgan fingerprint density at radius 1 is 1.00 bits per heavy atom. The Kier molecular flexibility index (Phi) is 8.53. The molecule has 0 saturated carbocycles. The molecule has 28 heavy (non-hydrogen) atoms. The van der Waals surface area contributed by atoms with Crippen molar-refractivity contribution in [1.29, 1.82) is 0 Å². The Morgan fingerprint density at radius 2 is 1.68 bits per heavy atom. The van der Waals surface area contributed by atoms with E-state index in [1.54, 1.807) is 11.8 Å². The molecule has 5 nitrogen and oxygen atoms in total. The number of benzene rings is 2. The van der Waals surface area contributed by atoms with Crippen LogP contribution in [0.3, 0.4) is 0 Å². The third-order valence-corrected chi connectivity index (χ3v) is 4.61. The maximum absolute atomic E-state index is 12.9. The lowest BCUT2D eigenvalue weighted by Crippen LogP contribution is -2.49. The van der Waals surface area contributed by atoms with Gasteiger partial charge in [0.25, 0.3) is 5.91 Å². The van der Waals surface area contributed by atoms with Gasteiger partial charge in [0.15, 0.2) is 6.61 Å². The maximum atomic E-state index is 12.9. The predicted octanol–water partition coefficient (Wildman–Crippen LogP) is 3.57. The highest BCUT2D eigenvalue weighted by molar-refractivity contribution is 5.87. The fraction of sp³-hybridized carbons (Fsp3) is 0.391. The molecule has 0 heterocycles. The lowest BCUT2D eigenvalue weighted by molar-refractivity contribution is -0.142. The first-order chi connectivity index (χ1) is 13.5. The summed E-state index contributed by atoms with van der Waals surface area (Å²) in [6.45, 7) is 6.68. The molecule has 0 unspecified atom stereocenters. The van der Waals surface area contributed by atoms with Gasteiger partial charge < -0.3 is 15.0 Å². The lowest BCUT2D eigenvalue weighted by Gasteiger charge is -2.28. The van der Waals surface area contributed by atoms with E-state index in [-0.39, 0.29) is 18.4 Å². The molecule has 0 radical (unpaired) electrons. The summed E-state index contributed by atoms with van der Waals surface area (Å²) in [5.74, 6) is 0.272. The molecular formula is C23H30N2O3. The fourth-order valence-corrected chi connectivity index (χ4v) is 2.81. The zero-order valence-electron chi connectivity index (χ0n) is 17.0. The van der Waals surface area contributed by atoms with Crippen LogP contribution in [0.5, 0.6) is 5.75 Å². The van der Waals surface area contributed by atoms with Crippen molar-refractivity contribution in [3.8, 4) is 5.75 Å². The summed E-state index contributed by atoms with van der Waals surface area (Å²) >= 11 is 0. The van der Waals surface area contributed by atoms with Crippen LogP contribution in [-0.4, -0.2) is 35.9 Å². The molecule has 1 N–H and O–H groups in total. The number of hydrogen-bond acceptors (Lipinski definition) is 3. The monoisotopic (exact) mass is 382 g/mol. The molecule has 5 heteroatoms. The summed E-state index contributed by atoms with van der Waals surface area (Å²) in [6, 6.07) is 16.8. The first kappa shape index (κ1) is 21.5. The second-order valence-electron chi connectivity index (χ2n) is 6.76. The van der Waals surface area contributed by atoms with E-state index in [0.29, 0.717) is 18.8 Å². The van der Waals surface area contributed by atoms with Crippen LogP contribution in [0, 0.1) is 0 Å². The number of aryl methyl sites for hydroxylation is 1. The normalized spacial score (nSPS) is 11.5. The summed E-state index contributed by atoms with van der Waals surface area (Å²) in [4.78, 5) is 26.9. The molecule has 0 aliphatic heterocycles. The summed E-state index contributed by atoms with van der Waals surface area (Å²) in [5.41, 5.74) is 2.18. The Hall–Kier alpha value is -2.82. The van der Waals surface area contributed by atoms with Gasteiger partial charge in [0.05, 0.1) is 0 Å². The molecule has 0 aliphatic carbocycles. The van der Waals surface area contributed by atoms with E-state index in [2.05, 4.69) is 12.2 Å². The van der Waals surface area contributed by atoms with E-state index < -0.39 is 6.04 Å². The van der Waals surface area contributed by atoms with E-state index in [9.17, 15) is 9.59 Å². The number of carbonyl (C=O) groups is 2. The molecule has 0 spiro atoms. The molecule has 2 rings (SSSR count). The minimum absolute atomic E-state index is 0.107. The van der Waals surface area contributed by atoms with Gasteiger partial charge in [0.2, 0.25) is 5.91 Å². The van der Waals surface area contributed by atoms with Crippen LogP contribution in [0.2, 0.25) is 0 Å². The number of nitrogens with zero attached hydrogens (tertiary/aromatic N) is 1. The van der Waals surface area contributed by atoms with Gasteiger partial charge in [-0.3, -0.25) is 9.59 Å². The number of amides is 2. The molecule has 1 atom stereocenters. The number of rotatable bonds is 10. The number of nitrogens with one attached hydrogen (secondary N) is 1. The van der Waals surface area contributed by atoms with E-state index >= 15 is 0 Å². The number of carbonyl (C=O) groups excluding carboxylic acids is 2. The van der Waals surface area contributed by atoms with Gasteiger partial charge in [-0.15, -0.1) is 0 Å². The van der Waals surface area contributed by atoms with Crippen LogP contribution in [0.1, 0.15) is 38.3 Å². The average Bonchev–Trinajstić information content (AvgIpc) is 2.74. The minimum atomic E-state index is -0.578. The van der Waals surface area contributed by atoms with Crippen molar-refractivity contribution >= 4 is 11.8 Å². The molecular weight excluding hydrogens is 352 g/mol. The summed E-state index contributed by atoms with van der Waals surface area (Å²) < 4.78 is 5.67. The smallest absolute Gasteiger partial charge is 0.261 e. The van der Waals surface area contributed by atoms with Crippen molar-refractivity contribution in [2.24, 2.45) is 0 Å². The largest absolute Gasteiger partial charge is 0.484 e. The van der Waals surface area contributed by atoms with Crippen molar-refractivity contribution in [3.63, 3.8) is 0 Å². The average molecular weight is 383 g/mol. The Balaban J connectivity index is 2.07. The van der Waals surface area contributed by atoms with Crippen molar-refractivity contribution in [3.05, 3.63) is 65.7 Å². The first-order valence-corrected chi connectivity index (χ1v) is 9.88. The first-order valence-electron chi connectivity index (χ1n) is 9.88. The standard InChI is InChI=1S/C23H30N2O3/c1-4-15-24-23(27)18(3)25(16-20-9-7-6-8-10-20)22(26)17-28-21-13-11-19(5-2)12-14-21/h6-14,18H,4-5,15-17H2,1-3H3,(H,24,27)/t18-/m0/s1. The van der Waals surface area contributed by atoms with Gasteiger partial charge in [-0.1, -0.05) is 56.3 Å². The van der Waals surface area contributed by atoms with Gasteiger partial charge >= 0.3 is 0 Å². The highest BCUT2D eigenvalue weighted by atomic mass is 16.5. The summed E-state index contributed by atoms with van der Waals surface area (Å²) in [5, 5.41) is 2.87. The van der Waals surface area contributed by atoms with E-state index in [1.807, 2.05) is 61.5 Å². The molecule has 150 valence electrons. The molecule has 0 bridgehead atoms. The van der Waals surface area contributed by atoms with Gasteiger partial charge in [0.1, 0.15) is 11.8 Å². The predicted molar refractivity (Wildman–Crippen MR) is 111 cm³/mol. The van der Waals surface area contributed by atoms with Crippen molar-refractivity contribution in [1.82, 2.24) is 10.2 Å². The highest BCUT2D eigenvalue weighted by Gasteiger charge is 2.26. The number of ether oxygens (including phenoxy) is 1. The lowest BCUT2D eigenvalue weighted by atomic mass is 10.1. The van der Waals surface area contributed by atoms with Crippen molar-refractivity contribution in [2.45, 2.75) is 46.2 Å². The second-order valence-corrected chi connectivity index (χ2v) is 6.76. The maximum Gasteiger partial charge on any atom is 0.261 e. The third kappa shape index (κ3) is 6.41. The zero-order chi connectivity index (χ0) is 20.4. The van der Waals surface area contributed by atoms with Gasteiger partial charge in [0, 0.05) is 13.1 Å². The molecule has 0 saturated heterocycles. The van der Waals surface area contributed by atoms with E-state index in [4.69, 9.17) is 4.74 Å². The SMILES string of the molecule is CCCNC(=O)[C@H](C)N(Cc1ccccc1)C(=O)COc1ccc(CC)cc1.